The number of hydrogen-bond acceptors (Lipinski definition) is 3. The summed E-state index contributed by atoms with van der Waals surface area (Å²) in [6.07, 6.45) is 0. The van der Waals surface area contributed by atoms with Gasteiger partial charge in [0, 0.05) is 5.56 Å². The van der Waals surface area contributed by atoms with Gasteiger partial charge in [0.1, 0.15) is 23.4 Å². The van der Waals surface area contributed by atoms with E-state index in [4.69, 9.17) is 10.3 Å². The molecule has 0 aliphatic heterocycles. The van der Waals surface area contributed by atoms with Crippen LogP contribution in [0.15, 0.2) is 39.2 Å². The summed E-state index contributed by atoms with van der Waals surface area (Å²) in [5.74, 6) is 6.48. The van der Waals surface area contributed by atoms with Gasteiger partial charge in [-0.05, 0) is 41.1 Å². The molecule has 1 unspecified atom stereocenters. The smallest absolute Gasteiger partial charge is 0.142 e. The van der Waals surface area contributed by atoms with E-state index in [0.717, 1.165) is 5.76 Å². The van der Waals surface area contributed by atoms with E-state index in [0.29, 0.717) is 15.8 Å². The van der Waals surface area contributed by atoms with E-state index in [1.165, 1.54) is 0 Å². The Morgan fingerprint density at radius 1 is 1.35 bits per heavy atom. The largest absolute Gasteiger partial charge is 0.464 e. The molecule has 0 fully saturated rings. The summed E-state index contributed by atoms with van der Waals surface area (Å²) in [5, 5.41) is 0. The Balaban J connectivity index is 2.45. The van der Waals surface area contributed by atoms with Crippen LogP contribution in [0.1, 0.15) is 23.1 Å². The van der Waals surface area contributed by atoms with Crippen LogP contribution in [0.4, 0.5) is 4.39 Å². The normalized spacial score (nSPS) is 12.7. The van der Waals surface area contributed by atoms with Gasteiger partial charge in [0.25, 0.3) is 0 Å². The zero-order valence-corrected chi connectivity index (χ0v) is 10.8. The minimum absolute atomic E-state index is 0.343. The topological polar surface area (TPSA) is 51.2 Å². The van der Waals surface area contributed by atoms with Crippen molar-refractivity contribution < 1.29 is 8.81 Å². The first-order chi connectivity index (χ1) is 8.13. The number of aryl methyl sites for hydroxylation is 1. The van der Waals surface area contributed by atoms with E-state index in [9.17, 15) is 4.39 Å². The number of nitrogens with one attached hydrogen (secondary N) is 1. The molecular formula is C12H12BrFN2O. The molecule has 3 N–H and O–H groups in total. The number of rotatable bonds is 3. The van der Waals surface area contributed by atoms with Crippen molar-refractivity contribution in [1.82, 2.24) is 5.43 Å². The average molecular weight is 299 g/mol. The highest BCUT2D eigenvalue weighted by Crippen LogP contribution is 2.28. The van der Waals surface area contributed by atoms with Crippen LogP contribution < -0.4 is 11.3 Å². The minimum Gasteiger partial charge on any atom is -0.464 e. The Morgan fingerprint density at radius 2 is 2.12 bits per heavy atom. The Bertz CT molecular complexity index is 527. The average Bonchev–Trinajstić information content (AvgIpc) is 2.72. The highest BCUT2D eigenvalue weighted by Gasteiger charge is 2.20. The lowest BCUT2D eigenvalue weighted by atomic mass is 10.0. The Kier molecular flexibility index (Phi) is 3.61. The standard InChI is InChI=1S/C12H12BrFN2O/c1-7-5-6-10(17-7)12(16-15)8-3-2-4-9(13)11(8)14/h2-6,12,16H,15H2,1H3. The molecule has 1 aromatic heterocycles. The third-order valence-electron chi connectivity index (χ3n) is 2.50. The van der Waals surface area contributed by atoms with Crippen LogP contribution in [0.25, 0.3) is 0 Å². The second kappa shape index (κ2) is 5.00. The lowest BCUT2D eigenvalue weighted by Gasteiger charge is -2.15. The number of hydrazine groups is 1. The van der Waals surface area contributed by atoms with Crippen molar-refractivity contribution in [3.05, 3.63) is 57.7 Å². The van der Waals surface area contributed by atoms with E-state index in [1.54, 1.807) is 24.3 Å². The SMILES string of the molecule is Cc1ccc(C(NN)c2cccc(Br)c2F)o1. The van der Waals surface area contributed by atoms with Gasteiger partial charge in [-0.1, -0.05) is 12.1 Å². The van der Waals surface area contributed by atoms with Crippen molar-refractivity contribution in [2.24, 2.45) is 5.84 Å². The van der Waals surface area contributed by atoms with Gasteiger partial charge >= 0.3 is 0 Å². The fourth-order valence-electron chi connectivity index (χ4n) is 1.68. The van der Waals surface area contributed by atoms with E-state index in [-0.39, 0.29) is 5.82 Å². The quantitative estimate of drug-likeness (QED) is 0.676. The predicted molar refractivity (Wildman–Crippen MR) is 66.7 cm³/mol. The van der Waals surface area contributed by atoms with Crippen molar-refractivity contribution in [1.29, 1.82) is 0 Å². The first-order valence-corrected chi connectivity index (χ1v) is 5.89. The zero-order chi connectivity index (χ0) is 12.4. The number of hydrogen-bond donors (Lipinski definition) is 2. The first-order valence-electron chi connectivity index (χ1n) is 5.10. The Morgan fingerprint density at radius 3 is 2.71 bits per heavy atom. The third kappa shape index (κ3) is 2.41. The van der Waals surface area contributed by atoms with E-state index < -0.39 is 6.04 Å². The number of halogens is 2. The molecule has 3 nitrogen and oxygen atoms in total. The predicted octanol–water partition coefficient (Wildman–Crippen LogP) is 3.04. The van der Waals surface area contributed by atoms with Gasteiger partial charge < -0.3 is 4.42 Å². The van der Waals surface area contributed by atoms with Crippen LogP contribution >= 0.6 is 15.9 Å². The summed E-state index contributed by atoms with van der Waals surface area (Å²) in [5.41, 5.74) is 3.00. The van der Waals surface area contributed by atoms with E-state index in [2.05, 4.69) is 21.4 Å². The molecule has 1 aromatic carbocycles. The van der Waals surface area contributed by atoms with Gasteiger partial charge in [-0.3, -0.25) is 5.84 Å². The molecule has 0 saturated carbocycles. The second-order valence-corrected chi connectivity index (χ2v) is 4.55. The summed E-state index contributed by atoms with van der Waals surface area (Å²) in [7, 11) is 0. The Labute approximate surface area is 107 Å². The first kappa shape index (κ1) is 12.3. The monoisotopic (exact) mass is 298 g/mol. The molecule has 0 amide bonds. The highest BCUT2D eigenvalue weighted by atomic mass is 79.9. The maximum Gasteiger partial charge on any atom is 0.142 e. The van der Waals surface area contributed by atoms with E-state index in [1.807, 2.05) is 13.0 Å². The number of nitrogens with two attached hydrogens (primary N) is 1. The van der Waals surface area contributed by atoms with E-state index >= 15 is 0 Å². The van der Waals surface area contributed by atoms with Crippen molar-refractivity contribution in [2.45, 2.75) is 13.0 Å². The summed E-state index contributed by atoms with van der Waals surface area (Å²) in [4.78, 5) is 0. The fourth-order valence-corrected chi connectivity index (χ4v) is 2.06. The van der Waals surface area contributed by atoms with Crippen LogP contribution in [0.2, 0.25) is 0 Å². The van der Waals surface area contributed by atoms with Crippen LogP contribution in [-0.2, 0) is 0 Å². The molecule has 5 heteroatoms. The molecular weight excluding hydrogens is 287 g/mol. The van der Waals surface area contributed by atoms with Crippen molar-refractivity contribution in [3.8, 4) is 0 Å². The molecule has 0 radical (unpaired) electrons. The second-order valence-electron chi connectivity index (χ2n) is 3.69. The molecule has 0 saturated heterocycles. The van der Waals surface area contributed by atoms with Crippen LogP contribution in [-0.4, -0.2) is 0 Å². The summed E-state index contributed by atoms with van der Waals surface area (Å²) < 4.78 is 19.8. The number of furan rings is 1. The zero-order valence-electron chi connectivity index (χ0n) is 9.21. The van der Waals surface area contributed by atoms with Gasteiger partial charge in [0.2, 0.25) is 0 Å². The number of benzene rings is 1. The van der Waals surface area contributed by atoms with Crippen LogP contribution in [0, 0.1) is 12.7 Å². The molecule has 2 aromatic rings. The highest BCUT2D eigenvalue weighted by molar-refractivity contribution is 9.10. The molecule has 0 aliphatic carbocycles. The van der Waals surface area contributed by atoms with Gasteiger partial charge in [-0.2, -0.15) is 0 Å². The van der Waals surface area contributed by atoms with Crippen LogP contribution in [0.3, 0.4) is 0 Å². The minimum atomic E-state index is -0.499. The van der Waals surface area contributed by atoms with Crippen molar-refractivity contribution in [2.75, 3.05) is 0 Å². The molecule has 2 rings (SSSR count). The van der Waals surface area contributed by atoms with Gasteiger partial charge in [-0.25, -0.2) is 9.82 Å². The fraction of sp³-hybridized carbons (Fsp3) is 0.167. The lowest BCUT2D eigenvalue weighted by molar-refractivity contribution is 0.426. The summed E-state index contributed by atoms with van der Waals surface area (Å²) >= 11 is 3.15. The van der Waals surface area contributed by atoms with Crippen molar-refractivity contribution in [3.63, 3.8) is 0 Å². The lowest BCUT2D eigenvalue weighted by Crippen LogP contribution is -2.29. The molecule has 0 spiro atoms. The van der Waals surface area contributed by atoms with Gasteiger partial charge in [-0.15, -0.1) is 0 Å². The molecule has 0 aliphatic rings. The third-order valence-corrected chi connectivity index (χ3v) is 3.12. The molecule has 0 bridgehead atoms. The van der Waals surface area contributed by atoms with Gasteiger partial charge in [0.05, 0.1) is 4.47 Å². The maximum absolute atomic E-state index is 13.9. The summed E-state index contributed by atoms with van der Waals surface area (Å²) in [6, 6.07) is 8.15. The molecule has 1 atom stereocenters. The summed E-state index contributed by atoms with van der Waals surface area (Å²) in [6.45, 7) is 1.83. The molecule has 17 heavy (non-hydrogen) atoms. The maximum atomic E-state index is 13.9. The van der Waals surface area contributed by atoms with Crippen molar-refractivity contribution >= 4 is 15.9 Å². The van der Waals surface area contributed by atoms with Crippen LogP contribution in [0.5, 0.6) is 0 Å². The Hall–Kier alpha value is -1.17. The van der Waals surface area contributed by atoms with Gasteiger partial charge in [0.15, 0.2) is 0 Å². The molecule has 90 valence electrons. The molecule has 1 heterocycles.